The van der Waals surface area contributed by atoms with Gasteiger partial charge in [-0.05, 0) is 37.1 Å². The molecule has 2 aromatic rings. The van der Waals surface area contributed by atoms with Crippen molar-refractivity contribution in [3.05, 3.63) is 58.6 Å². The van der Waals surface area contributed by atoms with Gasteiger partial charge in [0.25, 0.3) is 0 Å². The van der Waals surface area contributed by atoms with Gasteiger partial charge >= 0.3 is 0 Å². The van der Waals surface area contributed by atoms with Gasteiger partial charge in [0, 0.05) is 0 Å². The molecule has 0 aliphatic rings. The van der Waals surface area contributed by atoms with Crippen LogP contribution < -0.4 is 14.9 Å². The highest BCUT2D eigenvalue weighted by molar-refractivity contribution is 6.32. The summed E-state index contributed by atoms with van der Waals surface area (Å²) >= 11 is 6.27. The van der Waals surface area contributed by atoms with Gasteiger partial charge in [-0.1, -0.05) is 41.9 Å². The van der Waals surface area contributed by atoms with E-state index in [0.717, 1.165) is 5.56 Å². The van der Waals surface area contributed by atoms with Crippen LogP contribution in [0.5, 0.6) is 11.5 Å². The molecule has 1 N–H and O–H groups in total. The first kappa shape index (κ1) is 17.2. The van der Waals surface area contributed by atoms with Crippen LogP contribution in [0.2, 0.25) is 5.02 Å². The third-order valence-electron chi connectivity index (χ3n) is 3.05. The lowest BCUT2D eigenvalue weighted by Crippen LogP contribution is -2.05. The average Bonchev–Trinajstić information content (AvgIpc) is 2.56. The maximum Gasteiger partial charge on any atom is 0.179 e. The van der Waals surface area contributed by atoms with E-state index in [4.69, 9.17) is 21.1 Å². The van der Waals surface area contributed by atoms with Crippen LogP contribution in [0.3, 0.4) is 0 Å². The van der Waals surface area contributed by atoms with Crippen LogP contribution in [0.25, 0.3) is 0 Å². The first-order valence-electron chi connectivity index (χ1n) is 7.63. The highest BCUT2D eigenvalue weighted by atomic mass is 35.5. The van der Waals surface area contributed by atoms with Gasteiger partial charge in [0.1, 0.15) is 0 Å². The summed E-state index contributed by atoms with van der Waals surface area (Å²) < 4.78 is 11.1. The molecule has 4 nitrogen and oxygen atoms in total. The van der Waals surface area contributed by atoms with Gasteiger partial charge in [-0.2, -0.15) is 5.10 Å². The molecule has 0 spiro atoms. The van der Waals surface area contributed by atoms with Gasteiger partial charge < -0.3 is 14.9 Å². The molecule has 5 heteroatoms. The Morgan fingerprint density at radius 1 is 1.09 bits per heavy atom. The third kappa shape index (κ3) is 5.18. The number of hydrogen-bond acceptors (Lipinski definition) is 4. The van der Waals surface area contributed by atoms with E-state index in [9.17, 15) is 0 Å². The Labute approximate surface area is 142 Å². The molecule has 0 unspecified atom stereocenters. The smallest absolute Gasteiger partial charge is 0.179 e. The van der Waals surface area contributed by atoms with Crippen molar-refractivity contribution in [2.45, 2.75) is 20.4 Å². The number of halogens is 1. The maximum absolute atomic E-state index is 6.27. The lowest BCUT2D eigenvalue weighted by molar-refractivity contribution is 0.288. The lowest BCUT2D eigenvalue weighted by atomic mass is 10.2. The Morgan fingerprint density at radius 2 is 1.83 bits per heavy atom. The molecule has 0 saturated carbocycles. The van der Waals surface area contributed by atoms with E-state index in [1.54, 1.807) is 6.21 Å². The Kier molecular flexibility index (Phi) is 6.76. The van der Waals surface area contributed by atoms with Gasteiger partial charge in [0.05, 0.1) is 31.0 Å². The van der Waals surface area contributed by atoms with Crippen LogP contribution in [0.15, 0.2) is 47.6 Å². The molecule has 0 bridgehead atoms. The van der Waals surface area contributed by atoms with Crippen LogP contribution >= 0.6 is 11.6 Å². The van der Waals surface area contributed by atoms with Gasteiger partial charge in [-0.3, -0.25) is 0 Å². The van der Waals surface area contributed by atoms with E-state index < -0.39 is 0 Å². The molecule has 2 aromatic carbocycles. The zero-order valence-corrected chi connectivity index (χ0v) is 14.1. The van der Waals surface area contributed by atoms with Crippen molar-refractivity contribution in [2.75, 3.05) is 13.2 Å². The number of hydrogen-bond donors (Lipinski definition) is 1. The second-order valence-electron chi connectivity index (χ2n) is 4.77. The fourth-order valence-corrected chi connectivity index (χ4v) is 2.34. The number of benzene rings is 2. The predicted molar refractivity (Wildman–Crippen MR) is 94.7 cm³/mol. The largest absolute Gasteiger partial charge is 0.490 e. The zero-order valence-electron chi connectivity index (χ0n) is 13.4. The van der Waals surface area contributed by atoms with Crippen molar-refractivity contribution < 1.29 is 9.47 Å². The minimum absolute atomic E-state index is 0.516. The monoisotopic (exact) mass is 332 g/mol. The summed E-state index contributed by atoms with van der Waals surface area (Å²) in [5.41, 5.74) is 5.04. The molecule has 23 heavy (non-hydrogen) atoms. The summed E-state index contributed by atoms with van der Waals surface area (Å²) in [5.74, 6) is 1.21. The van der Waals surface area contributed by atoms with Crippen molar-refractivity contribution in [1.82, 2.24) is 5.43 Å². The van der Waals surface area contributed by atoms with E-state index in [0.29, 0.717) is 36.3 Å². The molecule has 2 rings (SSSR count). The zero-order chi connectivity index (χ0) is 16.5. The van der Waals surface area contributed by atoms with Gasteiger partial charge in [0.2, 0.25) is 0 Å². The molecule has 122 valence electrons. The molecule has 0 atom stereocenters. The van der Waals surface area contributed by atoms with Gasteiger partial charge in [0.15, 0.2) is 11.5 Å². The first-order chi connectivity index (χ1) is 11.2. The molecule has 0 fully saturated rings. The molecule has 0 radical (unpaired) electrons. The number of hydrazone groups is 1. The molecule has 0 amide bonds. The molecular formula is C18H21ClN2O2. The van der Waals surface area contributed by atoms with Crippen LogP contribution in [-0.2, 0) is 6.54 Å². The van der Waals surface area contributed by atoms with E-state index in [1.165, 1.54) is 5.56 Å². The topological polar surface area (TPSA) is 42.8 Å². The Balaban J connectivity index is 2.05. The molecule has 0 saturated heterocycles. The van der Waals surface area contributed by atoms with Crippen molar-refractivity contribution >= 4 is 17.8 Å². The molecule has 0 aromatic heterocycles. The van der Waals surface area contributed by atoms with Crippen molar-refractivity contribution in [3.8, 4) is 11.5 Å². The third-order valence-corrected chi connectivity index (χ3v) is 3.33. The normalized spacial score (nSPS) is 10.7. The summed E-state index contributed by atoms with van der Waals surface area (Å²) in [7, 11) is 0. The van der Waals surface area contributed by atoms with Crippen LogP contribution in [-0.4, -0.2) is 19.4 Å². The predicted octanol–water partition coefficient (Wildman–Crippen LogP) is 4.26. The number of nitrogens with zero attached hydrogens (tertiary/aromatic N) is 1. The fourth-order valence-electron chi connectivity index (χ4n) is 2.06. The SMILES string of the molecule is CCOc1cc(C=NNCc2ccccc2)cc(Cl)c1OCC. The van der Waals surface area contributed by atoms with E-state index in [1.807, 2.05) is 56.3 Å². The fraction of sp³-hybridized carbons (Fsp3) is 0.278. The number of nitrogens with one attached hydrogen (secondary N) is 1. The van der Waals surface area contributed by atoms with Crippen molar-refractivity contribution in [2.24, 2.45) is 5.10 Å². The van der Waals surface area contributed by atoms with Crippen LogP contribution in [0, 0.1) is 0 Å². The minimum Gasteiger partial charge on any atom is -0.490 e. The van der Waals surface area contributed by atoms with E-state index in [2.05, 4.69) is 10.5 Å². The van der Waals surface area contributed by atoms with Crippen molar-refractivity contribution in [1.29, 1.82) is 0 Å². The molecule has 0 aliphatic carbocycles. The summed E-state index contributed by atoms with van der Waals surface area (Å²) in [6.45, 7) is 5.58. The maximum atomic E-state index is 6.27. The summed E-state index contributed by atoms with van der Waals surface area (Å²) in [6, 6.07) is 13.8. The summed E-state index contributed by atoms with van der Waals surface area (Å²) in [6.07, 6.45) is 1.72. The molecule has 0 aliphatic heterocycles. The molecular weight excluding hydrogens is 312 g/mol. The first-order valence-corrected chi connectivity index (χ1v) is 8.01. The van der Waals surface area contributed by atoms with Crippen LogP contribution in [0.1, 0.15) is 25.0 Å². The van der Waals surface area contributed by atoms with Gasteiger partial charge in [-0.15, -0.1) is 0 Å². The summed E-state index contributed by atoms with van der Waals surface area (Å²) in [4.78, 5) is 0. The molecule has 0 heterocycles. The van der Waals surface area contributed by atoms with Gasteiger partial charge in [-0.25, -0.2) is 0 Å². The summed E-state index contributed by atoms with van der Waals surface area (Å²) in [5, 5.41) is 4.74. The second-order valence-corrected chi connectivity index (χ2v) is 5.18. The number of rotatable bonds is 8. The Bertz CT molecular complexity index is 645. The number of ether oxygens (including phenoxy) is 2. The van der Waals surface area contributed by atoms with E-state index >= 15 is 0 Å². The van der Waals surface area contributed by atoms with E-state index in [-0.39, 0.29) is 0 Å². The quantitative estimate of drug-likeness (QED) is 0.580. The Hall–Kier alpha value is -2.20. The highest BCUT2D eigenvalue weighted by Gasteiger charge is 2.11. The standard InChI is InChI=1S/C18H21ClN2O2/c1-3-22-17-11-15(10-16(19)18(17)23-4-2)13-21-20-12-14-8-6-5-7-9-14/h5-11,13,20H,3-4,12H2,1-2H3. The Morgan fingerprint density at radius 3 is 2.52 bits per heavy atom. The van der Waals surface area contributed by atoms with Crippen molar-refractivity contribution in [3.63, 3.8) is 0 Å². The highest BCUT2D eigenvalue weighted by Crippen LogP contribution is 2.36. The lowest BCUT2D eigenvalue weighted by Gasteiger charge is -2.13. The minimum atomic E-state index is 0.516. The van der Waals surface area contributed by atoms with Crippen LogP contribution in [0.4, 0.5) is 0 Å². The second kappa shape index (κ2) is 9.06. The average molecular weight is 333 g/mol.